The zero-order valence-electron chi connectivity index (χ0n) is 20.3. The van der Waals surface area contributed by atoms with E-state index >= 15 is 0 Å². The lowest BCUT2D eigenvalue weighted by atomic mass is 10.1. The van der Waals surface area contributed by atoms with Gasteiger partial charge < -0.3 is 19.1 Å². The molecule has 0 unspecified atom stereocenters. The van der Waals surface area contributed by atoms with Crippen molar-refractivity contribution in [3.05, 3.63) is 81.9 Å². The SMILES string of the molecule is COc1ccc(COc2cc(N3CCOCC3)cc(-c3cccc4c3Sc3ccc(I)cc3S4)n2)cc1. The molecule has 0 radical (unpaired) electrons. The minimum Gasteiger partial charge on any atom is -0.497 e. The first-order valence-corrected chi connectivity index (χ1v) is 14.8. The fraction of sp³-hybridized carbons (Fsp3) is 0.207. The molecule has 0 N–H and O–H groups in total. The molecular formula is C29H25IN2O3S2. The van der Waals surface area contributed by atoms with Gasteiger partial charge in [-0.3, -0.25) is 0 Å². The van der Waals surface area contributed by atoms with Crippen LogP contribution in [0.1, 0.15) is 5.56 Å². The second-order valence-corrected chi connectivity index (χ2v) is 12.1. The van der Waals surface area contributed by atoms with Crippen LogP contribution >= 0.6 is 46.1 Å². The van der Waals surface area contributed by atoms with Crippen molar-refractivity contribution < 1.29 is 14.2 Å². The minimum atomic E-state index is 0.437. The highest BCUT2D eigenvalue weighted by molar-refractivity contribution is 14.1. The summed E-state index contributed by atoms with van der Waals surface area (Å²) in [4.78, 5) is 12.4. The lowest BCUT2D eigenvalue weighted by molar-refractivity contribution is 0.122. The molecule has 5 nitrogen and oxygen atoms in total. The molecule has 3 aromatic carbocycles. The lowest BCUT2D eigenvalue weighted by Gasteiger charge is -2.29. The summed E-state index contributed by atoms with van der Waals surface area (Å²) < 4.78 is 18.4. The number of halogens is 1. The molecule has 37 heavy (non-hydrogen) atoms. The molecule has 1 saturated heterocycles. The van der Waals surface area contributed by atoms with Crippen molar-refractivity contribution in [2.45, 2.75) is 26.2 Å². The van der Waals surface area contributed by atoms with Gasteiger partial charge in [-0.25, -0.2) is 4.98 Å². The predicted octanol–water partition coefficient (Wildman–Crippen LogP) is 7.39. The first-order chi connectivity index (χ1) is 18.2. The highest BCUT2D eigenvalue weighted by Crippen LogP contribution is 2.52. The average Bonchev–Trinajstić information content (AvgIpc) is 2.95. The third-order valence-corrected chi connectivity index (χ3v) is 9.57. The number of hydrogen-bond donors (Lipinski definition) is 0. The molecule has 6 rings (SSSR count). The maximum absolute atomic E-state index is 6.25. The number of hydrogen-bond acceptors (Lipinski definition) is 7. The van der Waals surface area contributed by atoms with Crippen LogP contribution < -0.4 is 14.4 Å². The standard InChI is InChI=1S/C29H25IN2O3S2/c1-33-22-8-5-19(6-9-22)18-35-28-17-21(32-11-13-34-14-12-32)16-24(31-28)23-3-2-4-26-29(23)37-25-10-7-20(30)15-27(25)36-26/h2-10,15-17H,11-14,18H2,1H3. The number of rotatable bonds is 6. The van der Waals surface area contributed by atoms with Gasteiger partial charge in [-0.2, -0.15) is 0 Å². The Bertz CT molecular complexity index is 1430. The maximum Gasteiger partial charge on any atom is 0.216 e. The summed E-state index contributed by atoms with van der Waals surface area (Å²) in [6, 6.07) is 25.3. The number of fused-ring (bicyclic) bond motifs is 2. The van der Waals surface area contributed by atoms with Gasteiger partial charge in [0.2, 0.25) is 5.88 Å². The molecule has 0 bridgehead atoms. The van der Waals surface area contributed by atoms with Gasteiger partial charge in [0.1, 0.15) is 12.4 Å². The van der Waals surface area contributed by atoms with Gasteiger partial charge >= 0.3 is 0 Å². The summed E-state index contributed by atoms with van der Waals surface area (Å²) in [6.07, 6.45) is 0. The van der Waals surface area contributed by atoms with Crippen molar-refractivity contribution in [1.82, 2.24) is 4.98 Å². The Balaban J connectivity index is 1.35. The van der Waals surface area contributed by atoms with Crippen molar-refractivity contribution in [3.8, 4) is 22.9 Å². The molecule has 0 spiro atoms. The van der Waals surface area contributed by atoms with Crippen molar-refractivity contribution in [1.29, 1.82) is 0 Å². The Morgan fingerprint density at radius 2 is 1.76 bits per heavy atom. The van der Waals surface area contributed by atoms with Gasteiger partial charge in [-0.1, -0.05) is 47.8 Å². The monoisotopic (exact) mass is 640 g/mol. The molecule has 3 heterocycles. The summed E-state index contributed by atoms with van der Waals surface area (Å²) >= 11 is 6.03. The second kappa shape index (κ2) is 11.1. The smallest absolute Gasteiger partial charge is 0.216 e. The molecule has 0 saturated carbocycles. The van der Waals surface area contributed by atoms with E-state index in [0.717, 1.165) is 54.6 Å². The van der Waals surface area contributed by atoms with E-state index in [4.69, 9.17) is 19.2 Å². The molecular weight excluding hydrogens is 615 g/mol. The molecule has 4 aromatic rings. The first kappa shape index (κ1) is 24.9. The van der Waals surface area contributed by atoms with E-state index in [1.807, 2.05) is 53.9 Å². The van der Waals surface area contributed by atoms with Gasteiger partial charge in [-0.15, -0.1) is 0 Å². The van der Waals surface area contributed by atoms with Crippen molar-refractivity contribution in [2.24, 2.45) is 0 Å². The van der Waals surface area contributed by atoms with Gasteiger partial charge in [0.25, 0.3) is 0 Å². The third kappa shape index (κ3) is 5.57. The van der Waals surface area contributed by atoms with Crippen LogP contribution in [0.5, 0.6) is 11.6 Å². The number of nitrogens with zero attached hydrogens (tertiary/aromatic N) is 2. The fourth-order valence-corrected chi connectivity index (χ4v) is 7.47. The molecule has 2 aliphatic heterocycles. The van der Waals surface area contributed by atoms with E-state index < -0.39 is 0 Å². The van der Waals surface area contributed by atoms with Crippen LogP contribution in [-0.2, 0) is 11.3 Å². The van der Waals surface area contributed by atoms with E-state index in [2.05, 4.69) is 70.0 Å². The van der Waals surface area contributed by atoms with Crippen LogP contribution in [-0.4, -0.2) is 38.4 Å². The number of anilines is 1. The highest BCUT2D eigenvalue weighted by Gasteiger charge is 2.23. The fourth-order valence-electron chi connectivity index (χ4n) is 4.36. The van der Waals surface area contributed by atoms with E-state index in [-0.39, 0.29) is 0 Å². The summed E-state index contributed by atoms with van der Waals surface area (Å²) in [5.74, 6) is 1.45. The third-order valence-electron chi connectivity index (χ3n) is 6.30. The molecule has 0 aliphatic carbocycles. The zero-order valence-corrected chi connectivity index (χ0v) is 24.1. The highest BCUT2D eigenvalue weighted by atomic mass is 127. The molecule has 0 amide bonds. The van der Waals surface area contributed by atoms with Crippen LogP contribution in [0, 0.1) is 3.57 Å². The Morgan fingerprint density at radius 1 is 0.919 bits per heavy atom. The number of ether oxygens (including phenoxy) is 3. The quantitative estimate of drug-likeness (QED) is 0.179. The van der Waals surface area contributed by atoms with E-state index in [9.17, 15) is 0 Å². The van der Waals surface area contributed by atoms with Crippen LogP contribution in [0.2, 0.25) is 0 Å². The van der Waals surface area contributed by atoms with Crippen LogP contribution in [0.3, 0.4) is 0 Å². The Morgan fingerprint density at radius 3 is 2.57 bits per heavy atom. The van der Waals surface area contributed by atoms with Crippen molar-refractivity contribution in [2.75, 3.05) is 38.3 Å². The van der Waals surface area contributed by atoms with Gasteiger partial charge in [0.15, 0.2) is 0 Å². The van der Waals surface area contributed by atoms with Gasteiger partial charge in [0.05, 0.1) is 26.0 Å². The molecule has 8 heteroatoms. The predicted molar refractivity (Wildman–Crippen MR) is 157 cm³/mol. The number of methoxy groups -OCH3 is 1. The Hall–Kier alpha value is -2.40. The Kier molecular flexibility index (Phi) is 7.50. The maximum atomic E-state index is 6.25. The van der Waals surface area contributed by atoms with E-state index in [1.54, 1.807) is 7.11 Å². The number of benzene rings is 3. The second-order valence-electron chi connectivity index (χ2n) is 8.71. The molecule has 1 aromatic heterocycles. The van der Waals surface area contributed by atoms with Crippen molar-refractivity contribution in [3.63, 3.8) is 0 Å². The summed E-state index contributed by atoms with van der Waals surface area (Å²) in [6.45, 7) is 3.59. The zero-order chi connectivity index (χ0) is 25.2. The number of morpholine rings is 1. The summed E-state index contributed by atoms with van der Waals surface area (Å²) in [5.41, 5.74) is 4.23. The Labute approximate surface area is 239 Å². The minimum absolute atomic E-state index is 0.437. The van der Waals surface area contributed by atoms with E-state index in [1.165, 1.54) is 23.2 Å². The topological polar surface area (TPSA) is 43.8 Å². The normalized spacial score (nSPS) is 14.6. The number of pyridine rings is 1. The van der Waals surface area contributed by atoms with Crippen LogP contribution in [0.15, 0.2) is 92.4 Å². The molecule has 2 aliphatic rings. The van der Waals surface area contributed by atoms with Gasteiger partial charge in [-0.05, 0) is 70.6 Å². The van der Waals surface area contributed by atoms with Crippen LogP contribution in [0.25, 0.3) is 11.3 Å². The van der Waals surface area contributed by atoms with E-state index in [0.29, 0.717) is 12.5 Å². The summed E-state index contributed by atoms with van der Waals surface area (Å²) in [5, 5.41) is 0. The molecule has 0 atom stereocenters. The lowest BCUT2D eigenvalue weighted by Crippen LogP contribution is -2.36. The molecule has 1 fully saturated rings. The number of aromatic nitrogens is 1. The van der Waals surface area contributed by atoms with Gasteiger partial charge in [0, 0.05) is 53.6 Å². The first-order valence-electron chi connectivity index (χ1n) is 12.1. The summed E-state index contributed by atoms with van der Waals surface area (Å²) in [7, 11) is 1.67. The molecule has 188 valence electrons. The van der Waals surface area contributed by atoms with Crippen LogP contribution in [0.4, 0.5) is 5.69 Å². The average molecular weight is 641 g/mol. The largest absolute Gasteiger partial charge is 0.497 e. The van der Waals surface area contributed by atoms with Crippen molar-refractivity contribution >= 4 is 51.8 Å².